The third kappa shape index (κ3) is 2.81. The van der Waals surface area contributed by atoms with Gasteiger partial charge >= 0.3 is 5.76 Å². The minimum Gasteiger partial charge on any atom is -0.296 e. The van der Waals surface area contributed by atoms with Crippen LogP contribution in [0.25, 0.3) is 0 Å². The summed E-state index contributed by atoms with van der Waals surface area (Å²) in [6.45, 7) is 2.14. The van der Waals surface area contributed by atoms with E-state index < -0.39 is 0 Å². The summed E-state index contributed by atoms with van der Waals surface area (Å²) in [6, 6.07) is 2.36. The van der Waals surface area contributed by atoms with Gasteiger partial charge in [0.15, 0.2) is 5.82 Å². The maximum Gasteiger partial charge on any atom is 0.441 e. The zero-order chi connectivity index (χ0) is 13.0. The summed E-state index contributed by atoms with van der Waals surface area (Å²) in [6.07, 6.45) is 6.42. The molecule has 1 aliphatic heterocycles. The molecule has 0 bridgehead atoms. The summed E-state index contributed by atoms with van der Waals surface area (Å²) in [5, 5.41) is 12.5. The molecule has 2 atom stereocenters. The van der Waals surface area contributed by atoms with Crippen LogP contribution in [0.1, 0.15) is 57.3 Å². The number of fused-ring (bicyclic) bond motifs is 1. The Balaban J connectivity index is 2.10. The first-order valence-electron chi connectivity index (χ1n) is 6.66. The van der Waals surface area contributed by atoms with E-state index in [2.05, 4.69) is 18.1 Å². The first-order chi connectivity index (χ1) is 8.72. The highest BCUT2D eigenvalue weighted by atomic mass is 16.5. The lowest BCUT2D eigenvalue weighted by Gasteiger charge is -2.19. The summed E-state index contributed by atoms with van der Waals surface area (Å²) in [5.41, 5.74) is 0. The van der Waals surface area contributed by atoms with Crippen molar-refractivity contribution in [3.05, 3.63) is 16.4 Å². The van der Waals surface area contributed by atoms with Gasteiger partial charge in [0.2, 0.25) is 0 Å². The third-order valence-electron chi connectivity index (χ3n) is 3.68. The number of aryl methyl sites for hydroxylation is 1. The second-order valence-electron chi connectivity index (χ2n) is 5.17. The van der Waals surface area contributed by atoms with Crippen molar-refractivity contribution >= 4 is 0 Å². The van der Waals surface area contributed by atoms with E-state index in [1.165, 1.54) is 0 Å². The molecule has 2 rings (SSSR count). The van der Waals surface area contributed by atoms with Gasteiger partial charge in [0.25, 0.3) is 0 Å². The Kier molecular flexibility index (Phi) is 4.19. The average Bonchev–Trinajstić information content (AvgIpc) is 2.59. The number of rotatable bonds is 4. The van der Waals surface area contributed by atoms with Crippen molar-refractivity contribution in [3.63, 3.8) is 0 Å². The van der Waals surface area contributed by atoms with E-state index in [9.17, 15) is 4.79 Å². The predicted octanol–water partition coefficient (Wildman–Crippen LogP) is 2.43. The highest BCUT2D eigenvalue weighted by Gasteiger charge is 2.24. The lowest BCUT2D eigenvalue weighted by Crippen LogP contribution is -2.23. The summed E-state index contributed by atoms with van der Waals surface area (Å²) in [5.74, 6) is 0.904. The molecular weight excluding hydrogens is 230 g/mol. The normalized spacial score (nSPS) is 20.8. The number of nitrogens with zero attached hydrogens (tertiary/aromatic N) is 3. The van der Waals surface area contributed by atoms with Crippen LogP contribution in [-0.4, -0.2) is 9.72 Å². The Morgan fingerprint density at radius 1 is 1.61 bits per heavy atom. The van der Waals surface area contributed by atoms with Crippen molar-refractivity contribution < 1.29 is 4.52 Å². The molecule has 5 heteroatoms. The van der Waals surface area contributed by atoms with E-state index in [4.69, 9.17) is 9.78 Å². The summed E-state index contributed by atoms with van der Waals surface area (Å²) in [4.78, 5) is 11.7. The first kappa shape index (κ1) is 12.9. The molecule has 1 aliphatic rings. The first-order valence-corrected chi connectivity index (χ1v) is 6.66. The number of nitriles is 1. The highest BCUT2D eigenvalue weighted by Crippen LogP contribution is 2.28. The van der Waals surface area contributed by atoms with Crippen molar-refractivity contribution in [2.45, 2.75) is 57.9 Å². The van der Waals surface area contributed by atoms with Crippen molar-refractivity contribution in [2.75, 3.05) is 0 Å². The fourth-order valence-electron chi connectivity index (χ4n) is 2.72. The summed E-state index contributed by atoms with van der Waals surface area (Å²) >= 11 is 0. The van der Waals surface area contributed by atoms with Gasteiger partial charge in [-0.15, -0.1) is 0 Å². The number of aromatic nitrogens is 2. The Hall–Kier alpha value is -1.57. The Bertz CT molecular complexity index is 483. The van der Waals surface area contributed by atoms with Gasteiger partial charge in [0.05, 0.1) is 6.07 Å². The average molecular weight is 249 g/mol. The fourth-order valence-corrected chi connectivity index (χ4v) is 2.72. The van der Waals surface area contributed by atoms with E-state index in [1.54, 1.807) is 4.57 Å². The molecule has 0 amide bonds. The summed E-state index contributed by atoms with van der Waals surface area (Å²) in [7, 11) is 0. The van der Waals surface area contributed by atoms with Crippen molar-refractivity contribution in [3.8, 4) is 6.07 Å². The minimum atomic E-state index is -0.329. The smallest absolute Gasteiger partial charge is 0.296 e. The second-order valence-corrected chi connectivity index (χ2v) is 5.17. The molecule has 2 unspecified atom stereocenters. The zero-order valence-electron chi connectivity index (χ0n) is 10.8. The molecule has 0 aliphatic carbocycles. The molecular formula is C13H19N3O2. The van der Waals surface area contributed by atoms with E-state index in [-0.39, 0.29) is 11.8 Å². The molecule has 0 radical (unpaired) electrons. The Labute approximate surface area is 106 Å². The van der Waals surface area contributed by atoms with E-state index in [1.807, 2.05) is 0 Å². The molecule has 18 heavy (non-hydrogen) atoms. The van der Waals surface area contributed by atoms with Gasteiger partial charge in [0.1, 0.15) is 0 Å². The van der Waals surface area contributed by atoms with Crippen LogP contribution < -0.4 is 5.76 Å². The van der Waals surface area contributed by atoms with Crippen LogP contribution in [-0.2, 0) is 6.42 Å². The van der Waals surface area contributed by atoms with Crippen molar-refractivity contribution in [1.82, 2.24) is 9.72 Å². The van der Waals surface area contributed by atoms with Crippen LogP contribution in [0.5, 0.6) is 0 Å². The van der Waals surface area contributed by atoms with Crippen LogP contribution in [0.3, 0.4) is 0 Å². The molecule has 0 saturated carbocycles. The molecule has 0 fully saturated rings. The molecule has 98 valence electrons. The Morgan fingerprint density at radius 3 is 3.22 bits per heavy atom. The molecule has 0 spiro atoms. The minimum absolute atomic E-state index is 0.190. The zero-order valence-corrected chi connectivity index (χ0v) is 10.8. The lowest BCUT2D eigenvalue weighted by molar-refractivity contribution is 0.317. The topological polar surface area (TPSA) is 71.8 Å². The van der Waals surface area contributed by atoms with E-state index >= 15 is 0 Å². The monoisotopic (exact) mass is 249 g/mol. The highest BCUT2D eigenvalue weighted by molar-refractivity contribution is 4.91. The van der Waals surface area contributed by atoms with Crippen LogP contribution in [0, 0.1) is 17.2 Å². The SMILES string of the molecule is CC(CCC#N)CC1CCCCc2noc(=O)n21. The van der Waals surface area contributed by atoms with E-state index in [0.29, 0.717) is 12.3 Å². The Morgan fingerprint density at radius 2 is 2.44 bits per heavy atom. The molecule has 1 aromatic rings. The van der Waals surface area contributed by atoms with Gasteiger partial charge in [-0.3, -0.25) is 9.09 Å². The number of hydrogen-bond donors (Lipinski definition) is 0. The van der Waals surface area contributed by atoms with Crippen LogP contribution in [0.2, 0.25) is 0 Å². The van der Waals surface area contributed by atoms with Crippen LogP contribution in [0.4, 0.5) is 0 Å². The maximum atomic E-state index is 11.7. The molecule has 0 saturated heterocycles. The molecule has 0 aromatic carbocycles. The predicted molar refractivity (Wildman–Crippen MR) is 66.0 cm³/mol. The quantitative estimate of drug-likeness (QED) is 0.821. The molecule has 1 aromatic heterocycles. The lowest BCUT2D eigenvalue weighted by atomic mass is 9.94. The molecule has 2 heterocycles. The summed E-state index contributed by atoms with van der Waals surface area (Å²) < 4.78 is 6.50. The van der Waals surface area contributed by atoms with Gasteiger partial charge in [-0.2, -0.15) is 5.26 Å². The van der Waals surface area contributed by atoms with Crippen molar-refractivity contribution in [2.24, 2.45) is 5.92 Å². The van der Waals surface area contributed by atoms with Crippen LogP contribution in [0.15, 0.2) is 9.32 Å². The molecule has 0 N–H and O–H groups in total. The standard InChI is InChI=1S/C13H19N3O2/c1-10(5-4-8-14)9-11-6-2-3-7-12-15-18-13(17)16(11)12/h10-11H,2-7,9H2,1H3. The van der Waals surface area contributed by atoms with Gasteiger partial charge in [0, 0.05) is 18.9 Å². The van der Waals surface area contributed by atoms with Crippen molar-refractivity contribution in [1.29, 1.82) is 5.26 Å². The van der Waals surface area contributed by atoms with Gasteiger partial charge in [-0.1, -0.05) is 18.5 Å². The fraction of sp³-hybridized carbons (Fsp3) is 0.769. The van der Waals surface area contributed by atoms with Gasteiger partial charge < -0.3 is 0 Å². The number of hydrogen-bond acceptors (Lipinski definition) is 4. The molecule has 5 nitrogen and oxygen atoms in total. The largest absolute Gasteiger partial charge is 0.441 e. The van der Waals surface area contributed by atoms with Gasteiger partial charge in [-0.05, 0) is 31.6 Å². The maximum absolute atomic E-state index is 11.7. The van der Waals surface area contributed by atoms with Gasteiger partial charge in [-0.25, -0.2) is 4.79 Å². The van der Waals surface area contributed by atoms with Crippen LogP contribution >= 0.6 is 0 Å². The second kappa shape index (κ2) is 5.85. The third-order valence-corrected chi connectivity index (χ3v) is 3.68. The van der Waals surface area contributed by atoms with E-state index in [0.717, 1.165) is 44.3 Å².